The molecule has 0 aliphatic heterocycles. The average Bonchev–Trinajstić information content (AvgIpc) is 2.31. The van der Waals surface area contributed by atoms with Crippen LogP contribution in [0.15, 0.2) is 24.4 Å². The molecule has 86 valence electrons. The number of aryl methyl sites for hydroxylation is 1. The number of fused-ring (bicyclic) bond motifs is 1. The molecule has 1 aromatic carbocycles. The normalized spacial score (nSPS) is 9.56. The van der Waals surface area contributed by atoms with Gasteiger partial charge in [0.2, 0.25) is 0 Å². The van der Waals surface area contributed by atoms with Crippen molar-refractivity contribution in [1.82, 2.24) is 4.98 Å². The number of ether oxygens (including phenoxy) is 1. The second-order valence-electron chi connectivity index (χ2n) is 3.13. The molecule has 2 aromatic rings. The molecule has 0 saturated heterocycles. The summed E-state index contributed by atoms with van der Waals surface area (Å²) in [6.45, 7) is 5.96. The summed E-state index contributed by atoms with van der Waals surface area (Å²) < 4.78 is 18.2. The van der Waals surface area contributed by atoms with Gasteiger partial charge in [-0.1, -0.05) is 13.8 Å². The van der Waals surface area contributed by atoms with Crippen LogP contribution in [0.2, 0.25) is 0 Å². The molecule has 0 atom stereocenters. The van der Waals surface area contributed by atoms with E-state index in [9.17, 15) is 4.39 Å². The van der Waals surface area contributed by atoms with E-state index in [4.69, 9.17) is 4.74 Å². The molecule has 0 spiro atoms. The van der Waals surface area contributed by atoms with E-state index in [1.165, 1.54) is 13.2 Å². The van der Waals surface area contributed by atoms with E-state index in [0.29, 0.717) is 5.52 Å². The molecular formula is C13H16FNO. The topological polar surface area (TPSA) is 22.1 Å². The van der Waals surface area contributed by atoms with E-state index in [1.807, 2.05) is 26.8 Å². The fourth-order valence-corrected chi connectivity index (χ4v) is 1.44. The number of methoxy groups -OCH3 is 1. The zero-order valence-electron chi connectivity index (χ0n) is 10.0. The summed E-state index contributed by atoms with van der Waals surface area (Å²) in [6, 6.07) is 4.95. The van der Waals surface area contributed by atoms with Gasteiger partial charge in [0.1, 0.15) is 0 Å². The van der Waals surface area contributed by atoms with Gasteiger partial charge in [-0.15, -0.1) is 0 Å². The van der Waals surface area contributed by atoms with Gasteiger partial charge in [0, 0.05) is 17.6 Å². The van der Waals surface area contributed by atoms with Gasteiger partial charge in [-0.05, 0) is 24.6 Å². The van der Waals surface area contributed by atoms with Crippen LogP contribution in [-0.2, 0) is 0 Å². The Kier molecular flexibility index (Phi) is 4.23. The first-order valence-electron chi connectivity index (χ1n) is 5.31. The molecule has 0 unspecified atom stereocenters. The van der Waals surface area contributed by atoms with Crippen molar-refractivity contribution in [3.05, 3.63) is 35.8 Å². The van der Waals surface area contributed by atoms with Crippen LogP contribution in [0.5, 0.6) is 5.75 Å². The highest BCUT2D eigenvalue weighted by Crippen LogP contribution is 2.25. The maximum atomic E-state index is 13.3. The maximum Gasteiger partial charge on any atom is 0.167 e. The number of pyridine rings is 1. The van der Waals surface area contributed by atoms with E-state index in [2.05, 4.69) is 4.98 Å². The lowest BCUT2D eigenvalue weighted by molar-refractivity contribution is 0.387. The summed E-state index contributed by atoms with van der Waals surface area (Å²) in [7, 11) is 1.45. The molecule has 0 fully saturated rings. The number of hydrogen-bond acceptors (Lipinski definition) is 2. The van der Waals surface area contributed by atoms with Crippen molar-refractivity contribution in [2.75, 3.05) is 7.11 Å². The minimum atomic E-state index is -0.377. The standard InChI is InChI=1S/C11H10FNO.C2H6/c1-7-3-4-13-10-6-9(12)11(14-2)5-8(7)10;1-2/h3-6H,1-2H3;1-2H3. The predicted molar refractivity (Wildman–Crippen MR) is 64.3 cm³/mol. The molecule has 2 rings (SSSR count). The number of benzene rings is 1. The van der Waals surface area contributed by atoms with Crippen molar-refractivity contribution in [2.24, 2.45) is 0 Å². The molecule has 0 radical (unpaired) electrons. The molecule has 1 heterocycles. The van der Waals surface area contributed by atoms with E-state index in [0.717, 1.165) is 10.9 Å². The molecule has 0 bridgehead atoms. The summed E-state index contributed by atoms with van der Waals surface area (Å²) in [6.07, 6.45) is 1.67. The van der Waals surface area contributed by atoms with Gasteiger partial charge >= 0.3 is 0 Å². The Balaban J connectivity index is 0.000000606. The first-order chi connectivity index (χ1) is 7.72. The van der Waals surface area contributed by atoms with Gasteiger partial charge in [0.15, 0.2) is 11.6 Å². The van der Waals surface area contributed by atoms with Crippen molar-refractivity contribution >= 4 is 10.9 Å². The van der Waals surface area contributed by atoms with Gasteiger partial charge in [0.25, 0.3) is 0 Å². The monoisotopic (exact) mass is 221 g/mol. The van der Waals surface area contributed by atoms with Crippen molar-refractivity contribution < 1.29 is 9.13 Å². The summed E-state index contributed by atoms with van der Waals surface area (Å²) in [4.78, 5) is 4.08. The van der Waals surface area contributed by atoms with Crippen LogP contribution < -0.4 is 4.74 Å². The lowest BCUT2D eigenvalue weighted by atomic mass is 10.1. The van der Waals surface area contributed by atoms with Gasteiger partial charge in [0.05, 0.1) is 12.6 Å². The SMILES string of the molecule is CC.COc1cc2c(C)ccnc2cc1F. The Morgan fingerprint density at radius 3 is 2.56 bits per heavy atom. The molecule has 0 aliphatic carbocycles. The maximum absolute atomic E-state index is 13.3. The summed E-state index contributed by atoms with van der Waals surface area (Å²) in [5, 5.41) is 0.922. The number of aromatic nitrogens is 1. The summed E-state index contributed by atoms with van der Waals surface area (Å²) in [5.74, 6) is -0.119. The average molecular weight is 221 g/mol. The number of hydrogen-bond donors (Lipinski definition) is 0. The first kappa shape index (κ1) is 12.4. The molecule has 0 N–H and O–H groups in total. The largest absolute Gasteiger partial charge is 0.494 e. The van der Waals surface area contributed by atoms with Gasteiger partial charge in [-0.2, -0.15) is 0 Å². The highest BCUT2D eigenvalue weighted by molar-refractivity contribution is 5.83. The molecule has 3 heteroatoms. The van der Waals surface area contributed by atoms with Gasteiger partial charge in [-0.25, -0.2) is 4.39 Å². The third-order valence-corrected chi connectivity index (χ3v) is 2.23. The van der Waals surface area contributed by atoms with Crippen LogP contribution in [0, 0.1) is 12.7 Å². The molecule has 16 heavy (non-hydrogen) atoms. The van der Waals surface area contributed by atoms with E-state index >= 15 is 0 Å². The molecule has 1 aromatic heterocycles. The second kappa shape index (κ2) is 5.45. The van der Waals surface area contributed by atoms with Crippen LogP contribution in [0.1, 0.15) is 19.4 Å². The Hall–Kier alpha value is -1.64. The van der Waals surface area contributed by atoms with Crippen LogP contribution >= 0.6 is 0 Å². The van der Waals surface area contributed by atoms with Crippen LogP contribution in [0.4, 0.5) is 4.39 Å². The third kappa shape index (κ3) is 2.30. The minimum Gasteiger partial charge on any atom is -0.494 e. The predicted octanol–water partition coefficient (Wildman–Crippen LogP) is 3.72. The highest BCUT2D eigenvalue weighted by atomic mass is 19.1. The Bertz CT molecular complexity index is 483. The zero-order valence-corrected chi connectivity index (χ0v) is 10.0. The number of rotatable bonds is 1. The highest BCUT2D eigenvalue weighted by Gasteiger charge is 2.06. The quantitative estimate of drug-likeness (QED) is 0.732. The van der Waals surface area contributed by atoms with Crippen molar-refractivity contribution in [3.8, 4) is 5.75 Å². The fraction of sp³-hybridized carbons (Fsp3) is 0.308. The zero-order chi connectivity index (χ0) is 12.1. The summed E-state index contributed by atoms with van der Waals surface area (Å²) >= 11 is 0. The molecular weight excluding hydrogens is 205 g/mol. The molecule has 2 nitrogen and oxygen atoms in total. The number of nitrogens with zero attached hydrogens (tertiary/aromatic N) is 1. The van der Waals surface area contributed by atoms with Gasteiger partial charge < -0.3 is 4.74 Å². The third-order valence-electron chi connectivity index (χ3n) is 2.23. The molecule has 0 amide bonds. The fourth-order valence-electron chi connectivity index (χ4n) is 1.44. The molecule has 0 aliphatic rings. The van der Waals surface area contributed by atoms with E-state index in [1.54, 1.807) is 12.3 Å². The van der Waals surface area contributed by atoms with E-state index < -0.39 is 0 Å². The Labute approximate surface area is 95.1 Å². The lowest BCUT2D eigenvalue weighted by Gasteiger charge is -2.05. The molecule has 0 saturated carbocycles. The smallest absolute Gasteiger partial charge is 0.167 e. The first-order valence-corrected chi connectivity index (χ1v) is 5.31. The second-order valence-corrected chi connectivity index (χ2v) is 3.13. The van der Waals surface area contributed by atoms with Crippen LogP contribution in [-0.4, -0.2) is 12.1 Å². The van der Waals surface area contributed by atoms with E-state index in [-0.39, 0.29) is 11.6 Å². The van der Waals surface area contributed by atoms with Crippen molar-refractivity contribution in [3.63, 3.8) is 0 Å². The number of halogens is 1. The van der Waals surface area contributed by atoms with Crippen molar-refractivity contribution in [1.29, 1.82) is 0 Å². The minimum absolute atomic E-state index is 0.258. The summed E-state index contributed by atoms with van der Waals surface area (Å²) in [5.41, 5.74) is 1.72. The lowest BCUT2D eigenvalue weighted by Crippen LogP contribution is -1.90. The Morgan fingerprint density at radius 1 is 1.25 bits per heavy atom. The van der Waals surface area contributed by atoms with Gasteiger partial charge in [-0.3, -0.25) is 4.98 Å². The van der Waals surface area contributed by atoms with Crippen LogP contribution in [0.3, 0.4) is 0 Å². The van der Waals surface area contributed by atoms with Crippen molar-refractivity contribution in [2.45, 2.75) is 20.8 Å². The Morgan fingerprint density at radius 2 is 1.94 bits per heavy atom. The van der Waals surface area contributed by atoms with Crippen LogP contribution in [0.25, 0.3) is 10.9 Å².